The van der Waals surface area contributed by atoms with Crippen molar-refractivity contribution in [3.63, 3.8) is 0 Å². The van der Waals surface area contributed by atoms with E-state index < -0.39 is 0 Å². The predicted octanol–water partition coefficient (Wildman–Crippen LogP) is 2.33. The molecule has 0 saturated carbocycles. The lowest BCUT2D eigenvalue weighted by Crippen LogP contribution is -2.35. The van der Waals surface area contributed by atoms with Crippen LogP contribution < -0.4 is 0 Å². The van der Waals surface area contributed by atoms with E-state index in [1.54, 1.807) is 11.3 Å². The molecule has 5 heteroatoms. The summed E-state index contributed by atoms with van der Waals surface area (Å²) in [7, 11) is 2.08. The number of nitrogens with zero attached hydrogens (tertiary/aromatic N) is 4. The number of aryl methyl sites for hydroxylation is 1. The Hall–Kier alpha value is -1.20. The van der Waals surface area contributed by atoms with Gasteiger partial charge in [0.1, 0.15) is 5.82 Å². The number of likely N-dealkylation sites (tertiary alicyclic amines) is 1. The van der Waals surface area contributed by atoms with Crippen molar-refractivity contribution in [1.29, 1.82) is 0 Å². The van der Waals surface area contributed by atoms with Crippen LogP contribution >= 0.6 is 11.3 Å². The van der Waals surface area contributed by atoms with Crippen LogP contribution in [-0.4, -0.2) is 32.5 Å². The molecule has 0 aliphatic carbocycles. The molecule has 0 spiro atoms. The Morgan fingerprint density at radius 3 is 3.16 bits per heavy atom. The molecule has 102 valence electrons. The Morgan fingerprint density at radius 1 is 1.47 bits per heavy atom. The van der Waals surface area contributed by atoms with Crippen LogP contribution in [0.5, 0.6) is 0 Å². The summed E-state index contributed by atoms with van der Waals surface area (Å²) in [5.41, 5.74) is 1.92. The Morgan fingerprint density at radius 2 is 2.42 bits per heavy atom. The van der Waals surface area contributed by atoms with E-state index in [9.17, 15) is 0 Å². The lowest BCUT2D eigenvalue weighted by atomic mass is 9.94. The molecule has 4 nitrogen and oxygen atoms in total. The van der Waals surface area contributed by atoms with E-state index in [4.69, 9.17) is 0 Å². The van der Waals surface area contributed by atoms with Crippen LogP contribution in [0.1, 0.15) is 23.5 Å². The summed E-state index contributed by atoms with van der Waals surface area (Å²) in [5.74, 6) is 1.95. The normalized spacial score (nSPS) is 20.8. The fraction of sp³-hybridized carbons (Fsp3) is 0.571. The second-order valence-corrected chi connectivity index (χ2v) is 6.34. The van der Waals surface area contributed by atoms with Gasteiger partial charge in [0.05, 0.1) is 5.51 Å². The zero-order valence-corrected chi connectivity index (χ0v) is 12.1. The highest BCUT2D eigenvalue weighted by Gasteiger charge is 2.21. The minimum absolute atomic E-state index is 0.739. The van der Waals surface area contributed by atoms with Crippen LogP contribution in [0.25, 0.3) is 0 Å². The van der Waals surface area contributed by atoms with Crippen LogP contribution in [-0.2, 0) is 20.0 Å². The summed E-state index contributed by atoms with van der Waals surface area (Å²) >= 11 is 1.76. The van der Waals surface area contributed by atoms with Gasteiger partial charge in [0.25, 0.3) is 0 Å². The van der Waals surface area contributed by atoms with Crippen LogP contribution in [0.15, 0.2) is 24.1 Å². The standard InChI is InChI=1S/C14H20N4S/c1-17-6-4-16-14(17)7-12-3-2-5-18(9-12)10-13-8-15-11-19-13/h4,6,8,11-12H,2-3,5,7,9-10H2,1H3. The van der Waals surface area contributed by atoms with Gasteiger partial charge in [-0.25, -0.2) is 4.98 Å². The molecule has 0 amide bonds. The Labute approximate surface area is 118 Å². The van der Waals surface area contributed by atoms with Crippen molar-refractivity contribution in [2.24, 2.45) is 13.0 Å². The van der Waals surface area contributed by atoms with Crippen LogP contribution in [0.3, 0.4) is 0 Å². The third-order valence-electron chi connectivity index (χ3n) is 3.86. The van der Waals surface area contributed by atoms with Gasteiger partial charge in [-0.3, -0.25) is 9.88 Å². The zero-order valence-electron chi connectivity index (χ0n) is 11.3. The fourth-order valence-electron chi connectivity index (χ4n) is 2.85. The Balaban J connectivity index is 1.57. The van der Waals surface area contributed by atoms with E-state index in [0.29, 0.717) is 0 Å². The van der Waals surface area contributed by atoms with Crippen molar-refractivity contribution in [2.45, 2.75) is 25.8 Å². The third kappa shape index (κ3) is 3.22. The number of rotatable bonds is 4. The maximum absolute atomic E-state index is 4.45. The van der Waals surface area contributed by atoms with E-state index in [1.807, 2.05) is 24.1 Å². The Kier molecular flexibility index (Phi) is 3.94. The van der Waals surface area contributed by atoms with Gasteiger partial charge in [0.15, 0.2) is 0 Å². The first-order valence-corrected chi connectivity index (χ1v) is 7.75. The molecular formula is C14H20N4S. The molecule has 2 aromatic rings. The SMILES string of the molecule is Cn1ccnc1CC1CCCN(Cc2cncs2)C1. The van der Waals surface area contributed by atoms with Crippen molar-refractivity contribution < 1.29 is 0 Å². The molecule has 0 bridgehead atoms. The number of hydrogen-bond acceptors (Lipinski definition) is 4. The van der Waals surface area contributed by atoms with Gasteiger partial charge in [-0.15, -0.1) is 11.3 Å². The van der Waals surface area contributed by atoms with Crippen LogP contribution in [0, 0.1) is 5.92 Å². The minimum atomic E-state index is 0.739. The van der Waals surface area contributed by atoms with E-state index in [2.05, 4.69) is 26.5 Å². The molecule has 2 aromatic heterocycles. The summed E-state index contributed by atoms with van der Waals surface area (Å²) in [5, 5.41) is 0. The second-order valence-electron chi connectivity index (χ2n) is 5.37. The first kappa shape index (κ1) is 12.8. The van der Waals surface area contributed by atoms with Crippen molar-refractivity contribution in [3.8, 4) is 0 Å². The summed E-state index contributed by atoms with van der Waals surface area (Å²) in [6.07, 6.45) is 9.65. The summed E-state index contributed by atoms with van der Waals surface area (Å²) < 4.78 is 2.14. The molecule has 0 N–H and O–H groups in total. The van der Waals surface area contributed by atoms with Gasteiger partial charge in [-0.2, -0.15) is 0 Å². The lowest BCUT2D eigenvalue weighted by Gasteiger charge is -2.32. The maximum atomic E-state index is 4.45. The fourth-order valence-corrected chi connectivity index (χ4v) is 3.49. The van der Waals surface area contributed by atoms with E-state index in [1.165, 1.54) is 36.6 Å². The molecule has 0 radical (unpaired) electrons. The highest BCUT2D eigenvalue weighted by atomic mass is 32.1. The average Bonchev–Trinajstić information content (AvgIpc) is 3.03. The molecule has 0 aromatic carbocycles. The third-order valence-corrected chi connectivity index (χ3v) is 4.62. The lowest BCUT2D eigenvalue weighted by molar-refractivity contribution is 0.166. The number of piperidine rings is 1. The largest absolute Gasteiger partial charge is 0.338 e. The molecule has 1 aliphatic heterocycles. The first-order chi connectivity index (χ1) is 9.31. The van der Waals surface area contributed by atoms with E-state index in [-0.39, 0.29) is 0 Å². The first-order valence-electron chi connectivity index (χ1n) is 6.87. The molecule has 19 heavy (non-hydrogen) atoms. The number of hydrogen-bond donors (Lipinski definition) is 0. The molecular weight excluding hydrogens is 256 g/mol. The van der Waals surface area contributed by atoms with Crippen molar-refractivity contribution >= 4 is 11.3 Å². The molecule has 1 aliphatic rings. The number of thiazole rings is 1. The van der Waals surface area contributed by atoms with Crippen LogP contribution in [0.4, 0.5) is 0 Å². The van der Waals surface area contributed by atoms with Gasteiger partial charge in [-0.05, 0) is 25.3 Å². The molecule has 3 heterocycles. The summed E-state index contributed by atoms with van der Waals surface area (Å²) in [6, 6.07) is 0. The van der Waals surface area contributed by atoms with Crippen molar-refractivity contribution in [2.75, 3.05) is 13.1 Å². The van der Waals surface area contributed by atoms with Crippen molar-refractivity contribution in [3.05, 3.63) is 34.8 Å². The van der Waals surface area contributed by atoms with Gasteiger partial charge in [-0.1, -0.05) is 0 Å². The highest BCUT2D eigenvalue weighted by Crippen LogP contribution is 2.22. The maximum Gasteiger partial charge on any atom is 0.108 e. The highest BCUT2D eigenvalue weighted by molar-refractivity contribution is 7.09. The van der Waals surface area contributed by atoms with Gasteiger partial charge >= 0.3 is 0 Å². The second kappa shape index (κ2) is 5.84. The zero-order chi connectivity index (χ0) is 13.1. The summed E-state index contributed by atoms with van der Waals surface area (Å²) in [6.45, 7) is 3.46. The number of imidazole rings is 1. The summed E-state index contributed by atoms with van der Waals surface area (Å²) in [4.78, 5) is 12.5. The smallest absolute Gasteiger partial charge is 0.108 e. The molecule has 3 rings (SSSR count). The van der Waals surface area contributed by atoms with E-state index in [0.717, 1.165) is 18.9 Å². The molecule has 1 unspecified atom stereocenters. The van der Waals surface area contributed by atoms with Gasteiger partial charge < -0.3 is 4.57 Å². The van der Waals surface area contributed by atoms with Crippen molar-refractivity contribution in [1.82, 2.24) is 19.4 Å². The van der Waals surface area contributed by atoms with E-state index >= 15 is 0 Å². The molecule has 1 saturated heterocycles. The topological polar surface area (TPSA) is 34.0 Å². The number of aromatic nitrogens is 3. The average molecular weight is 276 g/mol. The minimum Gasteiger partial charge on any atom is -0.338 e. The van der Waals surface area contributed by atoms with Crippen LogP contribution in [0.2, 0.25) is 0 Å². The molecule has 1 atom stereocenters. The van der Waals surface area contributed by atoms with Gasteiger partial charge in [0.2, 0.25) is 0 Å². The quantitative estimate of drug-likeness (QED) is 0.859. The Bertz CT molecular complexity index is 505. The molecule has 1 fully saturated rings. The predicted molar refractivity (Wildman–Crippen MR) is 77.0 cm³/mol. The monoisotopic (exact) mass is 276 g/mol. The van der Waals surface area contributed by atoms with Gasteiger partial charge in [0, 0.05) is 50.0 Å².